The van der Waals surface area contributed by atoms with E-state index in [9.17, 15) is 18.0 Å². The van der Waals surface area contributed by atoms with Crippen molar-refractivity contribution in [2.45, 2.75) is 12.6 Å². The predicted octanol–water partition coefficient (Wildman–Crippen LogP) is 2.75. The number of hydrogen-bond donors (Lipinski definition) is 0. The second-order valence-electron chi connectivity index (χ2n) is 6.26. The number of nitrogens with zero attached hydrogens (tertiary/aromatic N) is 5. The van der Waals surface area contributed by atoms with Gasteiger partial charge in [0.25, 0.3) is 0 Å². The number of anilines is 1. The van der Waals surface area contributed by atoms with Crippen LogP contribution in [0.1, 0.15) is 11.5 Å². The third-order valence-corrected chi connectivity index (χ3v) is 4.37. The number of fused-ring (bicyclic) bond motifs is 1. The molecule has 0 radical (unpaired) electrons. The van der Waals surface area contributed by atoms with Crippen molar-refractivity contribution in [1.29, 1.82) is 0 Å². The molecule has 150 valence electrons. The topological polar surface area (TPSA) is 94.2 Å². The molecular formula is C18H14F3N5O3. The highest BCUT2D eigenvalue weighted by Crippen LogP contribution is 2.32. The molecule has 1 aliphatic rings. The SMILES string of the molecule is COCCN1C(=O)Cc2cc(-c3cc(-c4noc(C(F)(F)F)n4)ccn3)ncc21. The smallest absolute Gasteiger partial charge is 0.383 e. The van der Waals surface area contributed by atoms with Crippen molar-refractivity contribution in [1.82, 2.24) is 20.1 Å². The number of aromatic nitrogens is 4. The van der Waals surface area contributed by atoms with Crippen LogP contribution in [0.15, 0.2) is 35.1 Å². The fourth-order valence-electron chi connectivity index (χ4n) is 3.00. The zero-order valence-electron chi connectivity index (χ0n) is 15.1. The van der Waals surface area contributed by atoms with Gasteiger partial charge >= 0.3 is 12.1 Å². The van der Waals surface area contributed by atoms with E-state index in [1.165, 1.54) is 18.3 Å². The Morgan fingerprint density at radius 2 is 2.03 bits per heavy atom. The number of rotatable bonds is 5. The maximum atomic E-state index is 12.7. The van der Waals surface area contributed by atoms with E-state index in [1.807, 2.05) is 0 Å². The number of halogens is 3. The first-order valence-corrected chi connectivity index (χ1v) is 8.53. The lowest BCUT2D eigenvalue weighted by atomic mass is 10.1. The highest BCUT2D eigenvalue weighted by atomic mass is 19.4. The third-order valence-electron chi connectivity index (χ3n) is 4.37. The van der Waals surface area contributed by atoms with Gasteiger partial charge in [-0.1, -0.05) is 5.16 Å². The number of hydrogen-bond acceptors (Lipinski definition) is 7. The molecule has 0 spiro atoms. The summed E-state index contributed by atoms with van der Waals surface area (Å²) in [6.07, 6.45) is -1.49. The van der Waals surface area contributed by atoms with Crippen molar-refractivity contribution in [3.8, 4) is 22.8 Å². The molecule has 0 saturated carbocycles. The summed E-state index contributed by atoms with van der Waals surface area (Å²) in [4.78, 5) is 25.8. The van der Waals surface area contributed by atoms with Crippen molar-refractivity contribution < 1.29 is 27.2 Å². The Morgan fingerprint density at radius 3 is 2.76 bits per heavy atom. The van der Waals surface area contributed by atoms with Crippen molar-refractivity contribution >= 4 is 11.6 Å². The van der Waals surface area contributed by atoms with Gasteiger partial charge in [0.2, 0.25) is 11.7 Å². The Kier molecular flexibility index (Phi) is 4.74. The quantitative estimate of drug-likeness (QED) is 0.644. The molecule has 0 fully saturated rings. The summed E-state index contributed by atoms with van der Waals surface area (Å²) in [7, 11) is 1.56. The van der Waals surface area contributed by atoms with Gasteiger partial charge in [0.15, 0.2) is 0 Å². The van der Waals surface area contributed by atoms with E-state index in [0.717, 1.165) is 5.56 Å². The number of alkyl halides is 3. The molecule has 0 atom stereocenters. The van der Waals surface area contributed by atoms with Crippen molar-refractivity contribution in [2.24, 2.45) is 0 Å². The molecular weight excluding hydrogens is 391 g/mol. The highest BCUT2D eigenvalue weighted by molar-refractivity contribution is 6.01. The Balaban J connectivity index is 1.64. The molecule has 0 aliphatic carbocycles. The lowest BCUT2D eigenvalue weighted by molar-refractivity contribution is -0.159. The molecule has 0 saturated heterocycles. The van der Waals surface area contributed by atoms with Gasteiger partial charge in [-0.15, -0.1) is 0 Å². The van der Waals surface area contributed by atoms with E-state index in [4.69, 9.17) is 4.74 Å². The summed E-state index contributed by atoms with van der Waals surface area (Å²) in [6.45, 7) is 0.831. The van der Waals surface area contributed by atoms with Crippen LogP contribution in [0, 0.1) is 0 Å². The van der Waals surface area contributed by atoms with Crippen LogP contribution in [0.3, 0.4) is 0 Å². The van der Waals surface area contributed by atoms with E-state index in [2.05, 4.69) is 24.6 Å². The summed E-state index contributed by atoms with van der Waals surface area (Å²) in [5, 5.41) is 3.38. The summed E-state index contributed by atoms with van der Waals surface area (Å²) >= 11 is 0. The van der Waals surface area contributed by atoms with Gasteiger partial charge in [-0.25, -0.2) is 0 Å². The van der Waals surface area contributed by atoms with E-state index in [1.54, 1.807) is 24.3 Å². The normalized spacial score (nSPS) is 13.8. The minimum absolute atomic E-state index is 0.0517. The van der Waals surface area contributed by atoms with Crippen LogP contribution in [0.2, 0.25) is 0 Å². The standard InChI is InChI=1S/C18H14F3N5O3/c1-28-5-4-26-14-9-23-13(7-11(14)8-15(26)27)12-6-10(2-3-22-12)16-24-17(29-25-16)18(19,20)21/h2-3,6-7,9H,4-5,8H2,1H3. The van der Waals surface area contributed by atoms with Crippen LogP contribution in [-0.2, 0) is 22.1 Å². The maximum absolute atomic E-state index is 12.7. The molecule has 11 heteroatoms. The average Bonchev–Trinajstić information content (AvgIpc) is 3.30. The lowest BCUT2D eigenvalue weighted by Crippen LogP contribution is -2.30. The molecule has 1 aliphatic heterocycles. The van der Waals surface area contributed by atoms with E-state index >= 15 is 0 Å². The van der Waals surface area contributed by atoms with Gasteiger partial charge in [0.1, 0.15) is 0 Å². The molecule has 0 aromatic carbocycles. The van der Waals surface area contributed by atoms with Crippen LogP contribution in [0.25, 0.3) is 22.8 Å². The molecule has 3 aromatic rings. The summed E-state index contributed by atoms with van der Waals surface area (Å²) < 4.78 is 47.3. The number of ether oxygens (including phenoxy) is 1. The molecule has 4 heterocycles. The number of methoxy groups -OCH3 is 1. The Labute approximate surface area is 162 Å². The first kappa shape index (κ1) is 19.0. The number of carbonyl (C=O) groups is 1. The van der Waals surface area contributed by atoms with Crippen molar-refractivity contribution in [2.75, 3.05) is 25.2 Å². The van der Waals surface area contributed by atoms with Crippen LogP contribution in [0.4, 0.5) is 18.9 Å². The van der Waals surface area contributed by atoms with Crippen molar-refractivity contribution in [3.05, 3.63) is 42.0 Å². The monoisotopic (exact) mass is 405 g/mol. The number of amides is 1. The minimum atomic E-state index is -4.72. The van der Waals surface area contributed by atoms with Gasteiger partial charge in [0.05, 0.1) is 36.3 Å². The molecule has 29 heavy (non-hydrogen) atoms. The van der Waals surface area contributed by atoms with Gasteiger partial charge in [-0.2, -0.15) is 18.2 Å². The Hall–Kier alpha value is -3.34. The number of carbonyl (C=O) groups excluding carboxylic acids is 1. The largest absolute Gasteiger partial charge is 0.471 e. The fourth-order valence-corrected chi connectivity index (χ4v) is 3.00. The van der Waals surface area contributed by atoms with Gasteiger partial charge < -0.3 is 14.2 Å². The molecule has 0 N–H and O–H groups in total. The Morgan fingerprint density at radius 1 is 1.24 bits per heavy atom. The third kappa shape index (κ3) is 3.68. The van der Waals surface area contributed by atoms with Crippen LogP contribution in [-0.4, -0.2) is 46.3 Å². The molecule has 0 unspecified atom stereocenters. The number of pyridine rings is 2. The molecule has 0 bridgehead atoms. The zero-order chi connectivity index (χ0) is 20.6. The minimum Gasteiger partial charge on any atom is -0.383 e. The van der Waals surface area contributed by atoms with Gasteiger partial charge in [-0.05, 0) is 23.8 Å². The van der Waals surface area contributed by atoms with E-state index in [0.29, 0.717) is 35.8 Å². The van der Waals surface area contributed by atoms with E-state index in [-0.39, 0.29) is 18.2 Å². The molecule has 8 nitrogen and oxygen atoms in total. The highest BCUT2D eigenvalue weighted by Gasteiger charge is 2.38. The zero-order valence-corrected chi connectivity index (χ0v) is 15.1. The second-order valence-corrected chi connectivity index (χ2v) is 6.26. The van der Waals surface area contributed by atoms with Gasteiger partial charge in [0, 0.05) is 25.4 Å². The van der Waals surface area contributed by atoms with Crippen LogP contribution < -0.4 is 4.90 Å². The maximum Gasteiger partial charge on any atom is 0.471 e. The summed E-state index contributed by atoms with van der Waals surface area (Å²) in [6, 6.07) is 4.72. The van der Waals surface area contributed by atoms with Crippen molar-refractivity contribution in [3.63, 3.8) is 0 Å². The predicted molar refractivity (Wildman–Crippen MR) is 93.7 cm³/mol. The summed E-state index contributed by atoms with van der Waals surface area (Å²) in [5.41, 5.74) is 2.69. The van der Waals surface area contributed by atoms with Crippen LogP contribution >= 0.6 is 0 Å². The second kappa shape index (κ2) is 7.24. The first-order chi connectivity index (χ1) is 13.9. The molecule has 4 rings (SSSR count). The molecule has 1 amide bonds. The fraction of sp³-hybridized carbons (Fsp3) is 0.278. The average molecular weight is 405 g/mol. The Bertz CT molecular complexity index is 1070. The lowest BCUT2D eigenvalue weighted by Gasteiger charge is -2.16. The molecule has 3 aromatic heterocycles. The first-order valence-electron chi connectivity index (χ1n) is 8.53. The van der Waals surface area contributed by atoms with E-state index < -0.39 is 12.1 Å². The van der Waals surface area contributed by atoms with Gasteiger partial charge in [-0.3, -0.25) is 14.8 Å². The summed E-state index contributed by atoms with van der Waals surface area (Å²) in [5.74, 6) is -1.68. The van der Waals surface area contributed by atoms with Crippen LogP contribution in [0.5, 0.6) is 0 Å².